The number of aliphatic carboxylic acids is 1. The SMILES string of the molecule is CC(CN(C)S(=O)(=O)CC(C)c1ccccc1)C(=O)O. The van der Waals surface area contributed by atoms with Crippen LogP contribution in [0, 0.1) is 5.92 Å². The zero-order valence-corrected chi connectivity index (χ0v) is 12.8. The highest BCUT2D eigenvalue weighted by Crippen LogP contribution is 2.18. The molecule has 0 saturated carbocycles. The largest absolute Gasteiger partial charge is 0.481 e. The number of carbonyl (C=O) groups is 1. The van der Waals surface area contributed by atoms with Crippen LogP contribution in [0.15, 0.2) is 30.3 Å². The van der Waals surface area contributed by atoms with Crippen LogP contribution in [0.25, 0.3) is 0 Å². The summed E-state index contributed by atoms with van der Waals surface area (Å²) in [4.78, 5) is 10.8. The van der Waals surface area contributed by atoms with Crippen molar-refractivity contribution in [2.24, 2.45) is 5.92 Å². The van der Waals surface area contributed by atoms with E-state index < -0.39 is 21.9 Å². The number of hydrogen-bond acceptors (Lipinski definition) is 3. The Hall–Kier alpha value is -1.40. The first kappa shape index (κ1) is 16.7. The zero-order valence-electron chi connectivity index (χ0n) is 12.0. The molecule has 1 N–H and O–H groups in total. The summed E-state index contributed by atoms with van der Waals surface area (Å²) in [6.45, 7) is 3.33. The quantitative estimate of drug-likeness (QED) is 0.832. The molecule has 1 aromatic rings. The predicted octanol–water partition coefficient (Wildman–Crippen LogP) is 1.77. The molecule has 0 aromatic heterocycles. The number of rotatable bonds is 7. The highest BCUT2D eigenvalue weighted by atomic mass is 32.2. The van der Waals surface area contributed by atoms with Crippen molar-refractivity contribution in [3.63, 3.8) is 0 Å². The minimum atomic E-state index is -3.47. The molecule has 0 aliphatic rings. The van der Waals surface area contributed by atoms with Crippen LogP contribution in [0.3, 0.4) is 0 Å². The Morgan fingerprint density at radius 2 is 1.80 bits per heavy atom. The number of benzene rings is 1. The van der Waals surface area contributed by atoms with Crippen molar-refractivity contribution >= 4 is 16.0 Å². The minimum absolute atomic E-state index is 0.0147. The molecule has 0 amide bonds. The fraction of sp³-hybridized carbons (Fsp3) is 0.500. The maximum atomic E-state index is 12.2. The van der Waals surface area contributed by atoms with E-state index in [4.69, 9.17) is 5.11 Å². The zero-order chi connectivity index (χ0) is 15.3. The average molecular weight is 299 g/mol. The van der Waals surface area contributed by atoms with Crippen molar-refractivity contribution in [2.75, 3.05) is 19.3 Å². The molecule has 0 aliphatic heterocycles. The second kappa shape index (κ2) is 6.85. The maximum Gasteiger partial charge on any atom is 0.307 e. The second-order valence-electron chi connectivity index (χ2n) is 5.11. The van der Waals surface area contributed by atoms with Crippen LogP contribution in [0.1, 0.15) is 25.3 Å². The smallest absolute Gasteiger partial charge is 0.307 e. The first-order chi connectivity index (χ1) is 9.24. The molecule has 0 spiro atoms. The molecule has 0 fully saturated rings. The molecule has 6 heteroatoms. The summed E-state index contributed by atoms with van der Waals surface area (Å²) >= 11 is 0. The minimum Gasteiger partial charge on any atom is -0.481 e. The molecular formula is C14H21NO4S. The maximum absolute atomic E-state index is 12.2. The number of nitrogens with zero attached hydrogens (tertiary/aromatic N) is 1. The van der Waals surface area contributed by atoms with Gasteiger partial charge < -0.3 is 5.11 Å². The lowest BCUT2D eigenvalue weighted by Crippen LogP contribution is -2.36. The molecule has 2 unspecified atom stereocenters. The van der Waals surface area contributed by atoms with Gasteiger partial charge in [-0.3, -0.25) is 4.79 Å². The Morgan fingerprint density at radius 3 is 2.30 bits per heavy atom. The van der Waals surface area contributed by atoms with E-state index in [0.717, 1.165) is 9.87 Å². The number of sulfonamides is 1. The highest BCUT2D eigenvalue weighted by molar-refractivity contribution is 7.89. The summed E-state index contributed by atoms with van der Waals surface area (Å²) in [5, 5.41) is 8.84. The molecule has 0 heterocycles. The Kier molecular flexibility index (Phi) is 5.71. The van der Waals surface area contributed by atoms with Gasteiger partial charge in [0.15, 0.2) is 0 Å². The van der Waals surface area contributed by atoms with Crippen LogP contribution in [0.5, 0.6) is 0 Å². The molecule has 0 radical (unpaired) electrons. The molecule has 112 valence electrons. The summed E-state index contributed by atoms with van der Waals surface area (Å²) in [5.41, 5.74) is 0.954. The number of hydrogen-bond donors (Lipinski definition) is 1. The first-order valence-corrected chi connectivity index (χ1v) is 8.06. The Labute approximate surface area is 120 Å². The molecular weight excluding hydrogens is 278 g/mol. The van der Waals surface area contributed by atoms with Gasteiger partial charge in [0.05, 0.1) is 11.7 Å². The molecule has 1 aromatic carbocycles. The van der Waals surface area contributed by atoms with Gasteiger partial charge in [-0.2, -0.15) is 0 Å². The van der Waals surface area contributed by atoms with Gasteiger partial charge in [-0.05, 0) is 11.5 Å². The van der Waals surface area contributed by atoms with E-state index in [9.17, 15) is 13.2 Å². The van der Waals surface area contributed by atoms with Crippen LogP contribution in [0.4, 0.5) is 0 Å². The van der Waals surface area contributed by atoms with Crippen molar-refractivity contribution in [2.45, 2.75) is 19.8 Å². The van der Waals surface area contributed by atoms with Gasteiger partial charge in [0.2, 0.25) is 10.0 Å². The normalized spacial score (nSPS) is 15.0. The van der Waals surface area contributed by atoms with Gasteiger partial charge in [-0.25, -0.2) is 12.7 Å². The summed E-state index contributed by atoms with van der Waals surface area (Å²) in [6.07, 6.45) is 0. The molecule has 5 nitrogen and oxygen atoms in total. The predicted molar refractivity (Wildman–Crippen MR) is 78.1 cm³/mol. The summed E-state index contributed by atoms with van der Waals surface area (Å²) in [6, 6.07) is 9.40. The van der Waals surface area contributed by atoms with Crippen molar-refractivity contribution in [1.82, 2.24) is 4.31 Å². The van der Waals surface area contributed by atoms with Gasteiger partial charge in [0.25, 0.3) is 0 Å². The van der Waals surface area contributed by atoms with Gasteiger partial charge in [0, 0.05) is 13.6 Å². The lowest BCUT2D eigenvalue weighted by molar-refractivity contribution is -0.141. The van der Waals surface area contributed by atoms with E-state index in [1.165, 1.54) is 14.0 Å². The fourth-order valence-electron chi connectivity index (χ4n) is 1.90. The molecule has 1 rings (SSSR count). The van der Waals surface area contributed by atoms with Gasteiger partial charge in [-0.15, -0.1) is 0 Å². The van der Waals surface area contributed by atoms with Crippen molar-refractivity contribution in [3.8, 4) is 0 Å². The van der Waals surface area contributed by atoms with Crippen molar-refractivity contribution in [3.05, 3.63) is 35.9 Å². The molecule has 0 saturated heterocycles. The summed E-state index contributed by atoms with van der Waals surface area (Å²) < 4.78 is 25.5. The molecule has 20 heavy (non-hydrogen) atoms. The van der Waals surface area contributed by atoms with Gasteiger partial charge in [0.1, 0.15) is 0 Å². The standard InChI is InChI=1S/C14H21NO4S/c1-11(14(16)17)9-15(3)20(18,19)10-12(2)13-7-5-4-6-8-13/h4-8,11-12H,9-10H2,1-3H3,(H,16,17). The Morgan fingerprint density at radius 1 is 1.25 bits per heavy atom. The third kappa shape index (κ3) is 4.61. The Balaban J connectivity index is 2.72. The van der Waals surface area contributed by atoms with Crippen LogP contribution >= 0.6 is 0 Å². The highest BCUT2D eigenvalue weighted by Gasteiger charge is 2.25. The van der Waals surface area contributed by atoms with Gasteiger partial charge in [-0.1, -0.05) is 44.2 Å². The molecule has 0 aliphatic carbocycles. The molecule has 0 bridgehead atoms. The summed E-state index contributed by atoms with van der Waals surface area (Å²) in [5.74, 6) is -1.88. The van der Waals surface area contributed by atoms with E-state index >= 15 is 0 Å². The lowest BCUT2D eigenvalue weighted by atomic mass is 10.0. The third-order valence-corrected chi connectivity index (χ3v) is 5.28. The van der Waals surface area contributed by atoms with Crippen LogP contribution in [-0.4, -0.2) is 43.1 Å². The van der Waals surface area contributed by atoms with Crippen LogP contribution < -0.4 is 0 Å². The average Bonchev–Trinajstić information content (AvgIpc) is 2.38. The van der Waals surface area contributed by atoms with Gasteiger partial charge >= 0.3 is 5.97 Å². The van der Waals surface area contributed by atoms with E-state index in [0.29, 0.717) is 0 Å². The lowest BCUT2D eigenvalue weighted by Gasteiger charge is -2.21. The van der Waals surface area contributed by atoms with E-state index in [2.05, 4.69) is 0 Å². The van der Waals surface area contributed by atoms with Crippen molar-refractivity contribution in [1.29, 1.82) is 0 Å². The topological polar surface area (TPSA) is 74.7 Å². The van der Waals surface area contributed by atoms with E-state index in [1.54, 1.807) is 0 Å². The number of carboxylic acids is 1. The summed E-state index contributed by atoms with van der Waals surface area (Å²) in [7, 11) is -2.04. The first-order valence-electron chi connectivity index (χ1n) is 6.45. The van der Waals surface area contributed by atoms with E-state index in [-0.39, 0.29) is 18.2 Å². The monoisotopic (exact) mass is 299 g/mol. The fourth-order valence-corrected chi connectivity index (χ4v) is 3.43. The number of carboxylic acid groups (broad SMARTS) is 1. The molecule has 2 atom stereocenters. The van der Waals surface area contributed by atoms with Crippen molar-refractivity contribution < 1.29 is 18.3 Å². The second-order valence-corrected chi connectivity index (χ2v) is 7.23. The third-order valence-electron chi connectivity index (χ3n) is 3.26. The van der Waals surface area contributed by atoms with E-state index in [1.807, 2.05) is 37.3 Å². The van der Waals surface area contributed by atoms with Crippen LogP contribution in [0.2, 0.25) is 0 Å². The van der Waals surface area contributed by atoms with Crippen LogP contribution in [-0.2, 0) is 14.8 Å². The Bertz CT molecular complexity index is 542.